The molecular formula is C18H22N4O3. The molecule has 1 aliphatic rings. The molecule has 1 aromatic carbocycles. The molecule has 0 spiro atoms. The van der Waals surface area contributed by atoms with E-state index in [0.717, 1.165) is 18.4 Å². The first kappa shape index (κ1) is 17.1. The Labute approximate surface area is 146 Å². The number of carbonyl (C=O) groups excluding carboxylic acids is 2. The number of hydrogen-bond acceptors (Lipinski definition) is 5. The summed E-state index contributed by atoms with van der Waals surface area (Å²) < 4.78 is 5.05. The molecule has 25 heavy (non-hydrogen) atoms. The van der Waals surface area contributed by atoms with E-state index in [2.05, 4.69) is 15.5 Å². The van der Waals surface area contributed by atoms with Gasteiger partial charge in [-0.05, 0) is 18.4 Å². The van der Waals surface area contributed by atoms with Crippen LogP contribution in [0.25, 0.3) is 0 Å². The summed E-state index contributed by atoms with van der Waals surface area (Å²) in [5.41, 5.74) is 0.914. The van der Waals surface area contributed by atoms with Crippen molar-refractivity contribution in [3.63, 3.8) is 0 Å². The molecule has 1 fully saturated rings. The standard InChI is InChI=1S/C18H22N4O3/c1-12(23)19-15(14-7-4-3-5-8-14)11-17(24)22-10-6-9-16(22)18-20-13(2)25-21-18/h3-5,7-8,15-16H,6,9-11H2,1-2H3,(H,19,23)/t15-,16-/m0/s1. The molecule has 1 aliphatic heterocycles. The Morgan fingerprint density at radius 2 is 2.12 bits per heavy atom. The lowest BCUT2D eigenvalue weighted by Gasteiger charge is -2.25. The molecule has 3 rings (SSSR count). The highest BCUT2D eigenvalue weighted by Gasteiger charge is 2.34. The van der Waals surface area contributed by atoms with Crippen LogP contribution >= 0.6 is 0 Å². The van der Waals surface area contributed by atoms with Gasteiger partial charge in [-0.1, -0.05) is 35.5 Å². The summed E-state index contributed by atoms with van der Waals surface area (Å²) in [5, 5.41) is 6.84. The number of amides is 2. The van der Waals surface area contributed by atoms with Gasteiger partial charge in [0, 0.05) is 20.4 Å². The monoisotopic (exact) mass is 342 g/mol. The zero-order chi connectivity index (χ0) is 17.8. The lowest BCUT2D eigenvalue weighted by atomic mass is 10.0. The van der Waals surface area contributed by atoms with Gasteiger partial charge in [0.15, 0.2) is 5.82 Å². The van der Waals surface area contributed by atoms with Crippen molar-refractivity contribution in [1.29, 1.82) is 0 Å². The van der Waals surface area contributed by atoms with Crippen LogP contribution in [-0.2, 0) is 9.59 Å². The van der Waals surface area contributed by atoms with E-state index in [0.29, 0.717) is 18.3 Å². The van der Waals surface area contributed by atoms with Gasteiger partial charge >= 0.3 is 0 Å². The number of aryl methyl sites for hydroxylation is 1. The summed E-state index contributed by atoms with van der Waals surface area (Å²) in [6, 6.07) is 9.03. The quantitative estimate of drug-likeness (QED) is 0.901. The van der Waals surface area contributed by atoms with Gasteiger partial charge in [0.1, 0.15) is 0 Å². The molecule has 7 heteroatoms. The van der Waals surface area contributed by atoms with Crippen LogP contribution in [0.2, 0.25) is 0 Å². The van der Waals surface area contributed by atoms with Crippen LogP contribution in [0.5, 0.6) is 0 Å². The van der Waals surface area contributed by atoms with Crippen LogP contribution in [-0.4, -0.2) is 33.4 Å². The normalized spacial score (nSPS) is 18.2. The van der Waals surface area contributed by atoms with Gasteiger partial charge < -0.3 is 14.7 Å². The molecule has 132 valence electrons. The number of nitrogens with zero attached hydrogens (tertiary/aromatic N) is 3. The van der Waals surface area contributed by atoms with Gasteiger partial charge in [0.2, 0.25) is 17.7 Å². The fourth-order valence-corrected chi connectivity index (χ4v) is 3.26. The van der Waals surface area contributed by atoms with Crippen LogP contribution in [0.4, 0.5) is 0 Å². The zero-order valence-electron chi connectivity index (χ0n) is 14.4. The molecular weight excluding hydrogens is 320 g/mol. The second kappa shape index (κ2) is 7.46. The van der Waals surface area contributed by atoms with Crippen molar-refractivity contribution in [2.45, 2.75) is 45.2 Å². The average molecular weight is 342 g/mol. The van der Waals surface area contributed by atoms with Gasteiger partial charge in [0.05, 0.1) is 18.5 Å². The topological polar surface area (TPSA) is 88.3 Å². The molecule has 0 saturated carbocycles. The molecule has 1 saturated heterocycles. The van der Waals surface area contributed by atoms with E-state index in [4.69, 9.17) is 4.52 Å². The van der Waals surface area contributed by atoms with Crippen LogP contribution in [0, 0.1) is 6.92 Å². The SMILES string of the molecule is CC(=O)N[C@@H](CC(=O)N1CCC[C@H]1c1noc(C)n1)c1ccccc1. The fourth-order valence-electron chi connectivity index (χ4n) is 3.26. The Kier molecular flexibility index (Phi) is 5.11. The van der Waals surface area contributed by atoms with Gasteiger partial charge in [-0.15, -0.1) is 0 Å². The van der Waals surface area contributed by atoms with Crippen molar-refractivity contribution in [3.05, 3.63) is 47.6 Å². The summed E-state index contributed by atoms with van der Waals surface area (Å²) >= 11 is 0. The lowest BCUT2D eigenvalue weighted by molar-refractivity contribution is -0.133. The summed E-state index contributed by atoms with van der Waals surface area (Å²) in [4.78, 5) is 30.5. The van der Waals surface area contributed by atoms with E-state index in [1.807, 2.05) is 30.3 Å². The summed E-state index contributed by atoms with van der Waals surface area (Å²) in [7, 11) is 0. The molecule has 2 heterocycles. The number of aromatic nitrogens is 2. The second-order valence-corrected chi connectivity index (χ2v) is 6.28. The van der Waals surface area contributed by atoms with Crippen molar-refractivity contribution in [1.82, 2.24) is 20.4 Å². The zero-order valence-corrected chi connectivity index (χ0v) is 14.4. The van der Waals surface area contributed by atoms with Crippen molar-refractivity contribution in [2.24, 2.45) is 0 Å². The van der Waals surface area contributed by atoms with E-state index in [1.54, 1.807) is 11.8 Å². The second-order valence-electron chi connectivity index (χ2n) is 6.28. The highest BCUT2D eigenvalue weighted by molar-refractivity contribution is 5.79. The Morgan fingerprint density at radius 1 is 1.36 bits per heavy atom. The smallest absolute Gasteiger partial charge is 0.225 e. The van der Waals surface area contributed by atoms with Crippen molar-refractivity contribution in [2.75, 3.05) is 6.54 Å². The minimum absolute atomic E-state index is 0.0208. The van der Waals surface area contributed by atoms with Gasteiger partial charge in [-0.25, -0.2) is 0 Å². The Hall–Kier alpha value is -2.70. The maximum absolute atomic E-state index is 12.9. The van der Waals surface area contributed by atoms with Gasteiger partial charge in [0.25, 0.3) is 0 Å². The molecule has 0 radical (unpaired) electrons. The highest BCUT2D eigenvalue weighted by atomic mass is 16.5. The van der Waals surface area contributed by atoms with E-state index >= 15 is 0 Å². The number of hydrogen-bond donors (Lipinski definition) is 1. The Morgan fingerprint density at radius 3 is 2.76 bits per heavy atom. The molecule has 7 nitrogen and oxygen atoms in total. The molecule has 0 unspecified atom stereocenters. The van der Waals surface area contributed by atoms with Crippen LogP contribution < -0.4 is 5.32 Å². The average Bonchev–Trinajstić information content (AvgIpc) is 3.23. The van der Waals surface area contributed by atoms with E-state index in [9.17, 15) is 9.59 Å². The summed E-state index contributed by atoms with van der Waals surface area (Å²) in [5.74, 6) is 0.870. The largest absolute Gasteiger partial charge is 0.349 e. The molecule has 2 atom stereocenters. The minimum atomic E-state index is -0.348. The van der Waals surface area contributed by atoms with Crippen molar-refractivity contribution in [3.8, 4) is 0 Å². The third-order valence-electron chi connectivity index (χ3n) is 4.37. The first-order valence-electron chi connectivity index (χ1n) is 8.46. The Balaban J connectivity index is 1.75. The number of rotatable bonds is 5. The number of nitrogens with one attached hydrogen (secondary N) is 1. The lowest BCUT2D eigenvalue weighted by Crippen LogP contribution is -2.36. The maximum atomic E-state index is 12.9. The first-order valence-corrected chi connectivity index (χ1v) is 8.46. The number of benzene rings is 1. The van der Waals surface area contributed by atoms with Gasteiger partial charge in [-0.2, -0.15) is 4.98 Å². The van der Waals surface area contributed by atoms with Crippen molar-refractivity contribution < 1.29 is 14.1 Å². The van der Waals surface area contributed by atoms with Crippen LogP contribution in [0.1, 0.15) is 55.5 Å². The highest BCUT2D eigenvalue weighted by Crippen LogP contribution is 2.32. The first-order chi connectivity index (χ1) is 12.0. The summed E-state index contributed by atoms with van der Waals surface area (Å²) in [6.45, 7) is 3.86. The predicted molar refractivity (Wildman–Crippen MR) is 90.3 cm³/mol. The maximum Gasteiger partial charge on any atom is 0.225 e. The number of carbonyl (C=O) groups is 2. The number of likely N-dealkylation sites (tertiary alicyclic amines) is 1. The van der Waals surface area contributed by atoms with E-state index in [1.165, 1.54) is 6.92 Å². The van der Waals surface area contributed by atoms with Crippen LogP contribution in [0.15, 0.2) is 34.9 Å². The summed E-state index contributed by atoms with van der Waals surface area (Å²) in [6.07, 6.45) is 1.93. The van der Waals surface area contributed by atoms with E-state index in [-0.39, 0.29) is 30.3 Å². The van der Waals surface area contributed by atoms with Crippen LogP contribution in [0.3, 0.4) is 0 Å². The van der Waals surface area contributed by atoms with Crippen molar-refractivity contribution >= 4 is 11.8 Å². The Bertz CT molecular complexity index is 744. The third-order valence-corrected chi connectivity index (χ3v) is 4.37. The van der Waals surface area contributed by atoms with E-state index < -0.39 is 0 Å². The fraction of sp³-hybridized carbons (Fsp3) is 0.444. The predicted octanol–water partition coefficient (Wildman–Crippen LogP) is 2.31. The molecule has 0 aliphatic carbocycles. The third kappa shape index (κ3) is 4.04. The molecule has 1 aromatic heterocycles. The minimum Gasteiger partial charge on any atom is -0.349 e. The van der Waals surface area contributed by atoms with Gasteiger partial charge in [-0.3, -0.25) is 9.59 Å². The molecule has 2 aromatic rings. The molecule has 1 N–H and O–H groups in total. The molecule has 2 amide bonds. The molecule has 0 bridgehead atoms.